The lowest BCUT2D eigenvalue weighted by atomic mass is 9.89. The fraction of sp³-hybridized carbons (Fsp3) is 0.489. The van der Waals surface area contributed by atoms with Gasteiger partial charge in [-0.2, -0.15) is 5.10 Å². The minimum absolute atomic E-state index is 0.234. The number of carbonyl (C=O) groups is 3. The normalized spacial score (nSPS) is 21.1. The van der Waals surface area contributed by atoms with E-state index >= 15 is 4.39 Å². The van der Waals surface area contributed by atoms with Crippen molar-refractivity contribution >= 4 is 40.4 Å². The number of pyridine rings is 1. The van der Waals surface area contributed by atoms with E-state index in [1.54, 1.807) is 35.1 Å². The number of nitrogens with zero attached hydrogens (tertiary/aromatic N) is 8. The molecule has 9 rings (SSSR count). The van der Waals surface area contributed by atoms with E-state index in [4.69, 9.17) is 14.7 Å². The van der Waals surface area contributed by atoms with Crippen molar-refractivity contribution in [2.45, 2.75) is 77.8 Å². The molecular formula is C47H57FN10O4. The zero-order valence-corrected chi connectivity index (χ0v) is 36.0. The molecule has 0 aliphatic carbocycles. The van der Waals surface area contributed by atoms with Crippen LogP contribution < -0.4 is 20.3 Å². The van der Waals surface area contributed by atoms with Crippen LogP contribution in [0, 0.1) is 24.6 Å². The molecule has 2 N–H and O–H groups in total. The van der Waals surface area contributed by atoms with Crippen LogP contribution in [-0.4, -0.2) is 104 Å². The van der Waals surface area contributed by atoms with Crippen molar-refractivity contribution in [3.05, 3.63) is 82.9 Å². The van der Waals surface area contributed by atoms with Crippen LogP contribution in [0.1, 0.15) is 85.0 Å². The number of hydrogen-bond donors (Lipinski definition) is 2. The third-order valence-electron chi connectivity index (χ3n) is 13.3. The number of nitrogens with one attached hydrogen (secondary N) is 2. The Morgan fingerprint density at radius 1 is 0.887 bits per heavy atom. The summed E-state index contributed by atoms with van der Waals surface area (Å²) in [5, 5.41) is 9.91. The summed E-state index contributed by atoms with van der Waals surface area (Å²) in [6, 6.07) is 15.3. The number of anilines is 2. The summed E-state index contributed by atoms with van der Waals surface area (Å²) >= 11 is 0. The van der Waals surface area contributed by atoms with E-state index in [-0.39, 0.29) is 24.1 Å². The first-order valence-electron chi connectivity index (χ1n) is 22.3. The second-order valence-corrected chi connectivity index (χ2v) is 17.8. The second-order valence-electron chi connectivity index (χ2n) is 17.8. The van der Waals surface area contributed by atoms with Crippen molar-refractivity contribution in [3.8, 4) is 17.1 Å². The fourth-order valence-electron chi connectivity index (χ4n) is 9.69. The van der Waals surface area contributed by atoms with E-state index < -0.39 is 11.8 Å². The molecule has 0 radical (unpaired) electrons. The van der Waals surface area contributed by atoms with Crippen molar-refractivity contribution < 1.29 is 23.5 Å². The van der Waals surface area contributed by atoms with Gasteiger partial charge in [0.2, 0.25) is 23.6 Å². The largest absolute Gasteiger partial charge is 0.477 e. The van der Waals surface area contributed by atoms with Gasteiger partial charge in [0, 0.05) is 88.3 Å². The van der Waals surface area contributed by atoms with E-state index in [9.17, 15) is 14.4 Å². The Bertz CT molecular complexity index is 2470. The van der Waals surface area contributed by atoms with Gasteiger partial charge >= 0.3 is 0 Å². The van der Waals surface area contributed by atoms with Crippen LogP contribution in [0.3, 0.4) is 0 Å². The van der Waals surface area contributed by atoms with Crippen LogP contribution in [-0.2, 0) is 29.7 Å². The quantitative estimate of drug-likeness (QED) is 0.180. The van der Waals surface area contributed by atoms with Gasteiger partial charge < -0.3 is 19.1 Å². The maximum absolute atomic E-state index is 15.2. The molecule has 1 unspecified atom stereocenters. The fourth-order valence-corrected chi connectivity index (χ4v) is 9.69. The molecule has 3 amide bonds. The number of hydrogen-bond acceptors (Lipinski definition) is 10. The highest BCUT2D eigenvalue weighted by atomic mass is 19.1. The molecule has 2 bridgehead atoms. The van der Waals surface area contributed by atoms with Crippen molar-refractivity contribution in [1.29, 1.82) is 0 Å². The number of carbonyl (C=O) groups excluding carboxylic acids is 3. The minimum atomic E-state index is -0.616. The highest BCUT2D eigenvalue weighted by Gasteiger charge is 2.31. The molecule has 7 heterocycles. The maximum atomic E-state index is 15.2. The molecule has 5 aromatic rings. The van der Waals surface area contributed by atoms with Crippen molar-refractivity contribution in [2.24, 2.45) is 18.9 Å². The minimum Gasteiger partial charge on any atom is -0.477 e. The van der Waals surface area contributed by atoms with E-state index in [0.29, 0.717) is 60.1 Å². The standard InChI is InChI=1S/C47H57FN10O4/c1-30-5-4-22-62-46-38(27-49-54(46)3)41-25-34(23-31(2)50-41)44(60)53-47-51-40-10-6-33(24-42(40)58(47)28-30)29-56-20-18-55(19-21-56)15-12-32-13-16-57(17-14-32)35-7-8-36(39(48)26-35)37-9-11-43(59)52-45(37)61/h6-8,10,23-27,30,32,37H,4-5,9,11-22,28-29H2,1-3H3,(H,51,53,60)(H,52,59,61)/t30-,37?/m1/s1. The van der Waals surface area contributed by atoms with Crippen LogP contribution in [0.4, 0.5) is 16.0 Å². The smallest absolute Gasteiger partial charge is 0.258 e. The topological polar surface area (TPSA) is 143 Å². The lowest BCUT2D eigenvalue weighted by Crippen LogP contribution is -2.46. The summed E-state index contributed by atoms with van der Waals surface area (Å²) in [6.07, 6.45) is 7.45. The number of benzene rings is 2. The summed E-state index contributed by atoms with van der Waals surface area (Å²) < 4.78 is 25.3. The van der Waals surface area contributed by atoms with Crippen LogP contribution in [0.2, 0.25) is 0 Å². The number of halogens is 1. The average Bonchev–Trinajstić information content (AvgIpc) is 3.80. The molecule has 326 valence electrons. The van der Waals surface area contributed by atoms with Crippen LogP contribution in [0.25, 0.3) is 22.3 Å². The molecule has 3 fully saturated rings. The van der Waals surface area contributed by atoms with Gasteiger partial charge in [0.15, 0.2) is 0 Å². The van der Waals surface area contributed by atoms with Gasteiger partial charge in [-0.1, -0.05) is 19.1 Å². The first kappa shape index (κ1) is 41.7. The molecule has 2 atom stereocenters. The van der Waals surface area contributed by atoms with Crippen LogP contribution in [0.15, 0.2) is 54.7 Å². The number of aromatic nitrogens is 5. The highest BCUT2D eigenvalue weighted by Crippen LogP contribution is 2.33. The molecular weight excluding hydrogens is 788 g/mol. The zero-order chi connectivity index (χ0) is 42.9. The van der Waals surface area contributed by atoms with Gasteiger partial charge in [-0.15, -0.1) is 0 Å². The van der Waals surface area contributed by atoms with Crippen molar-refractivity contribution in [3.63, 3.8) is 0 Å². The Labute approximate surface area is 361 Å². The summed E-state index contributed by atoms with van der Waals surface area (Å²) in [5.74, 6) is 0.213. The average molecular weight is 845 g/mol. The molecule has 4 aliphatic heterocycles. The molecule has 62 heavy (non-hydrogen) atoms. The maximum Gasteiger partial charge on any atom is 0.258 e. The van der Waals surface area contributed by atoms with Gasteiger partial charge in [-0.25, -0.2) is 14.1 Å². The number of piperazine rings is 1. The summed E-state index contributed by atoms with van der Waals surface area (Å²) in [7, 11) is 1.86. The van der Waals surface area contributed by atoms with Gasteiger partial charge in [0.1, 0.15) is 5.82 Å². The van der Waals surface area contributed by atoms with Crippen molar-refractivity contribution in [2.75, 3.05) is 62.6 Å². The Hall–Kier alpha value is -5.67. The predicted octanol–water partition coefficient (Wildman–Crippen LogP) is 6.28. The molecule has 2 aromatic carbocycles. The molecule has 3 saturated heterocycles. The Kier molecular flexibility index (Phi) is 12.1. The van der Waals surface area contributed by atoms with Gasteiger partial charge in [0.05, 0.1) is 41.0 Å². The van der Waals surface area contributed by atoms with E-state index in [2.05, 4.69) is 60.1 Å². The first-order valence-corrected chi connectivity index (χ1v) is 22.3. The predicted molar refractivity (Wildman–Crippen MR) is 236 cm³/mol. The monoisotopic (exact) mass is 844 g/mol. The zero-order valence-electron chi connectivity index (χ0n) is 36.0. The lowest BCUT2D eigenvalue weighted by Gasteiger charge is -2.37. The Balaban J connectivity index is 0.791. The Morgan fingerprint density at radius 3 is 2.48 bits per heavy atom. The van der Waals surface area contributed by atoms with Crippen LogP contribution in [0.5, 0.6) is 5.88 Å². The number of imide groups is 1. The highest BCUT2D eigenvalue weighted by molar-refractivity contribution is 6.05. The van der Waals surface area contributed by atoms with Crippen molar-refractivity contribution in [1.82, 2.24) is 39.4 Å². The number of amides is 3. The van der Waals surface area contributed by atoms with Gasteiger partial charge in [-0.3, -0.25) is 34.9 Å². The van der Waals surface area contributed by atoms with Crippen LogP contribution >= 0.6 is 0 Å². The Morgan fingerprint density at radius 2 is 1.69 bits per heavy atom. The lowest BCUT2D eigenvalue weighted by molar-refractivity contribution is -0.134. The molecule has 4 aliphatic rings. The number of rotatable bonds is 7. The van der Waals surface area contributed by atoms with Gasteiger partial charge in [0.25, 0.3) is 5.91 Å². The number of aryl methyl sites for hydroxylation is 2. The number of ether oxygens (including phenoxy) is 1. The molecule has 14 nitrogen and oxygen atoms in total. The number of imidazole rings is 1. The molecule has 0 saturated carbocycles. The first-order chi connectivity index (χ1) is 30.0. The third-order valence-corrected chi connectivity index (χ3v) is 13.3. The summed E-state index contributed by atoms with van der Waals surface area (Å²) in [5.41, 5.74) is 6.97. The van der Waals surface area contributed by atoms with E-state index in [1.807, 2.05) is 20.0 Å². The SMILES string of the molecule is Cc1cc2cc(n1)-c1cnn(C)c1OCCC[C@@H](C)Cn1c(nc3ccc(CN4CCN(CCC5CCN(c6ccc(C7CCC(=O)NC7=O)c(F)c6)CC5)CC4)cc31)NC2=O. The third kappa shape index (κ3) is 9.10. The summed E-state index contributed by atoms with van der Waals surface area (Å²) in [6.45, 7) is 13.2. The summed E-state index contributed by atoms with van der Waals surface area (Å²) in [4.78, 5) is 54.8. The second kappa shape index (κ2) is 18.0. The molecule has 15 heteroatoms. The van der Waals surface area contributed by atoms with Gasteiger partial charge in [-0.05, 0) is 106 Å². The number of piperidine rings is 2. The number of fused-ring (bicyclic) bond motifs is 7. The van der Waals surface area contributed by atoms with E-state index in [1.165, 1.54) is 5.56 Å². The molecule has 0 spiro atoms. The molecule has 3 aromatic heterocycles. The van der Waals surface area contributed by atoms with E-state index in [0.717, 1.165) is 112 Å².